The van der Waals surface area contributed by atoms with Crippen molar-refractivity contribution in [3.8, 4) is 5.75 Å². The predicted octanol–water partition coefficient (Wildman–Crippen LogP) is 4.38. The molecule has 0 saturated carbocycles. The summed E-state index contributed by atoms with van der Waals surface area (Å²) in [6.07, 6.45) is 10.4. The first-order valence-corrected chi connectivity index (χ1v) is 12.3. The average molecular weight is 425 g/mol. The minimum Gasteiger partial charge on any atom is -0.507 e. The Bertz CT molecular complexity index is 1030. The van der Waals surface area contributed by atoms with E-state index in [2.05, 4.69) is 16.8 Å². The lowest BCUT2D eigenvalue weighted by Gasteiger charge is -2.45. The predicted molar refractivity (Wildman–Crippen MR) is 124 cm³/mol. The fraction of sp³-hybridized carbons (Fsp3) is 0.654. The third-order valence-corrected chi connectivity index (χ3v) is 8.01. The fourth-order valence-electron chi connectivity index (χ4n) is 6.47. The monoisotopic (exact) mass is 424 g/mol. The molecule has 31 heavy (non-hydrogen) atoms. The molecule has 0 spiro atoms. The number of fused-ring (bicyclic) bond motifs is 4. The van der Waals surface area contributed by atoms with Gasteiger partial charge in [-0.3, -0.25) is 0 Å². The molecule has 0 unspecified atom stereocenters. The van der Waals surface area contributed by atoms with Crippen LogP contribution in [0.1, 0.15) is 67.2 Å². The molecule has 3 aliphatic rings. The number of nitrogens with zero attached hydrogens (tertiary/aromatic N) is 2. The number of hydrogen-bond acceptors (Lipinski definition) is 5. The lowest BCUT2D eigenvalue weighted by molar-refractivity contribution is 0.0434. The molecule has 2 fully saturated rings. The number of phenolic OH excluding ortho intramolecular Hbond substituents is 1. The van der Waals surface area contributed by atoms with Crippen molar-refractivity contribution in [3.63, 3.8) is 0 Å². The standard InChI is InChI=1S/C26H36N2O3/c1-17-14-23-24(19-9-3-4-10-20(19)26(30)31-23)25(29)21(17)16-27(2)15-18-8-7-13-28-12-6-5-11-22(18)28/h14,18,22,29H,3-13,15-16H2,1-2H3/t18-,22+/m0/s1. The Morgan fingerprint density at radius 3 is 2.71 bits per heavy atom. The van der Waals surface area contributed by atoms with Gasteiger partial charge in [0.2, 0.25) is 0 Å². The number of hydrogen-bond donors (Lipinski definition) is 1. The van der Waals surface area contributed by atoms with Crippen LogP contribution >= 0.6 is 0 Å². The van der Waals surface area contributed by atoms with E-state index in [4.69, 9.17) is 4.42 Å². The summed E-state index contributed by atoms with van der Waals surface area (Å²) >= 11 is 0. The molecule has 5 rings (SSSR count). The van der Waals surface area contributed by atoms with Crippen LogP contribution in [0.4, 0.5) is 0 Å². The topological polar surface area (TPSA) is 56.9 Å². The van der Waals surface area contributed by atoms with Crippen LogP contribution in [0.15, 0.2) is 15.3 Å². The Hall–Kier alpha value is -1.85. The molecule has 1 aliphatic carbocycles. The van der Waals surface area contributed by atoms with Gasteiger partial charge in [0.25, 0.3) is 0 Å². The second-order valence-corrected chi connectivity index (χ2v) is 10.1. The highest BCUT2D eigenvalue weighted by molar-refractivity contribution is 5.89. The maximum Gasteiger partial charge on any atom is 0.339 e. The van der Waals surface area contributed by atoms with Crippen LogP contribution in [0.3, 0.4) is 0 Å². The van der Waals surface area contributed by atoms with Gasteiger partial charge in [-0.2, -0.15) is 0 Å². The molecule has 1 aromatic carbocycles. The first kappa shape index (κ1) is 21.0. The van der Waals surface area contributed by atoms with Crippen molar-refractivity contribution in [2.75, 3.05) is 26.7 Å². The molecule has 2 saturated heterocycles. The Morgan fingerprint density at radius 1 is 1.10 bits per heavy atom. The van der Waals surface area contributed by atoms with E-state index in [1.165, 1.54) is 45.2 Å². The van der Waals surface area contributed by atoms with Crippen LogP contribution < -0.4 is 5.63 Å². The molecule has 1 aromatic heterocycles. The number of benzene rings is 1. The Morgan fingerprint density at radius 2 is 1.87 bits per heavy atom. The van der Waals surface area contributed by atoms with Crippen LogP contribution in [0.5, 0.6) is 5.75 Å². The quantitative estimate of drug-likeness (QED) is 0.738. The maximum absolute atomic E-state index is 12.4. The van der Waals surface area contributed by atoms with Crippen molar-refractivity contribution >= 4 is 11.0 Å². The van der Waals surface area contributed by atoms with Crippen LogP contribution in [0.2, 0.25) is 0 Å². The highest BCUT2D eigenvalue weighted by atomic mass is 16.4. The molecule has 1 N–H and O–H groups in total. The number of piperidine rings is 2. The van der Waals surface area contributed by atoms with Gasteiger partial charge in [0.05, 0.1) is 5.39 Å². The van der Waals surface area contributed by atoms with Gasteiger partial charge in [-0.25, -0.2) is 4.79 Å². The summed E-state index contributed by atoms with van der Waals surface area (Å²) < 4.78 is 5.63. The van der Waals surface area contributed by atoms with Gasteiger partial charge < -0.3 is 19.3 Å². The second kappa shape index (κ2) is 8.59. The van der Waals surface area contributed by atoms with E-state index in [1.54, 1.807) is 0 Å². The maximum atomic E-state index is 12.4. The third kappa shape index (κ3) is 3.91. The third-order valence-electron chi connectivity index (χ3n) is 8.01. The molecule has 0 radical (unpaired) electrons. The van der Waals surface area contributed by atoms with Crippen LogP contribution in [0.25, 0.3) is 11.0 Å². The number of aromatic hydroxyl groups is 1. The van der Waals surface area contributed by atoms with Gasteiger partial charge >= 0.3 is 5.63 Å². The highest BCUT2D eigenvalue weighted by Gasteiger charge is 2.33. The van der Waals surface area contributed by atoms with Crippen molar-refractivity contribution < 1.29 is 9.52 Å². The lowest BCUT2D eigenvalue weighted by Crippen LogP contribution is -2.50. The van der Waals surface area contributed by atoms with Crippen molar-refractivity contribution in [2.45, 2.75) is 77.3 Å². The number of rotatable bonds is 4. The molecule has 2 aliphatic heterocycles. The minimum absolute atomic E-state index is 0.222. The molecular formula is C26H36N2O3. The van der Waals surface area contributed by atoms with Gasteiger partial charge in [-0.05, 0) is 102 Å². The Kier molecular flexibility index (Phi) is 5.82. The first-order valence-electron chi connectivity index (χ1n) is 12.3. The van der Waals surface area contributed by atoms with E-state index in [0.717, 1.165) is 72.5 Å². The van der Waals surface area contributed by atoms with E-state index < -0.39 is 0 Å². The number of aryl methyl sites for hydroxylation is 2. The minimum atomic E-state index is -0.222. The van der Waals surface area contributed by atoms with Gasteiger partial charge in [-0.1, -0.05) is 6.42 Å². The normalized spacial score (nSPS) is 24.4. The van der Waals surface area contributed by atoms with Crippen LogP contribution in [0, 0.1) is 12.8 Å². The van der Waals surface area contributed by atoms with E-state index in [1.807, 2.05) is 13.0 Å². The zero-order valence-corrected chi connectivity index (χ0v) is 19.1. The van der Waals surface area contributed by atoms with Crippen LogP contribution in [-0.4, -0.2) is 47.6 Å². The van der Waals surface area contributed by atoms with Crippen molar-refractivity contribution in [1.29, 1.82) is 0 Å². The summed E-state index contributed by atoms with van der Waals surface area (Å²) in [5.74, 6) is 1.04. The largest absolute Gasteiger partial charge is 0.507 e. The summed E-state index contributed by atoms with van der Waals surface area (Å²) in [5.41, 5.74) is 4.09. The van der Waals surface area contributed by atoms with Crippen molar-refractivity contribution in [2.24, 2.45) is 5.92 Å². The fourth-order valence-corrected chi connectivity index (χ4v) is 6.47. The summed E-state index contributed by atoms with van der Waals surface area (Å²) in [6, 6.07) is 2.69. The van der Waals surface area contributed by atoms with E-state index in [9.17, 15) is 9.90 Å². The SMILES string of the molecule is Cc1cc2oc(=O)c3c(c2c(O)c1CN(C)C[C@@H]1CCCN2CCCC[C@H]12)CCCC3. The molecule has 2 atom stereocenters. The smallest absolute Gasteiger partial charge is 0.339 e. The molecule has 168 valence electrons. The Labute approximate surface area is 185 Å². The zero-order chi connectivity index (χ0) is 21.5. The van der Waals surface area contributed by atoms with Gasteiger partial charge in [0, 0.05) is 30.3 Å². The molecular weight excluding hydrogens is 388 g/mol. The average Bonchev–Trinajstić information content (AvgIpc) is 2.77. The summed E-state index contributed by atoms with van der Waals surface area (Å²) in [4.78, 5) is 17.6. The molecule has 2 aromatic rings. The summed E-state index contributed by atoms with van der Waals surface area (Å²) in [6.45, 7) is 6.35. The van der Waals surface area contributed by atoms with E-state index in [0.29, 0.717) is 17.3 Å². The highest BCUT2D eigenvalue weighted by Crippen LogP contribution is 2.38. The molecule has 5 heteroatoms. The first-order chi connectivity index (χ1) is 15.0. The van der Waals surface area contributed by atoms with E-state index in [-0.39, 0.29) is 5.63 Å². The molecule has 3 heterocycles. The van der Waals surface area contributed by atoms with E-state index >= 15 is 0 Å². The van der Waals surface area contributed by atoms with Crippen molar-refractivity contribution in [3.05, 3.63) is 38.7 Å². The summed E-state index contributed by atoms with van der Waals surface area (Å²) in [7, 11) is 2.19. The van der Waals surface area contributed by atoms with Gasteiger partial charge in [-0.15, -0.1) is 0 Å². The Balaban J connectivity index is 1.42. The lowest BCUT2D eigenvalue weighted by atomic mass is 9.83. The number of phenols is 1. The van der Waals surface area contributed by atoms with Gasteiger partial charge in [0.15, 0.2) is 0 Å². The van der Waals surface area contributed by atoms with Gasteiger partial charge in [0.1, 0.15) is 11.3 Å². The summed E-state index contributed by atoms with van der Waals surface area (Å²) in [5, 5.41) is 12.1. The molecule has 0 bridgehead atoms. The van der Waals surface area contributed by atoms with Crippen LogP contribution in [-0.2, 0) is 19.4 Å². The zero-order valence-electron chi connectivity index (χ0n) is 19.1. The molecule has 5 nitrogen and oxygen atoms in total. The van der Waals surface area contributed by atoms with Crippen molar-refractivity contribution in [1.82, 2.24) is 9.80 Å². The molecule has 0 amide bonds. The second-order valence-electron chi connectivity index (χ2n) is 10.1.